The quantitative estimate of drug-likeness (QED) is 0.754. The molecule has 3 aromatic rings. The summed E-state index contributed by atoms with van der Waals surface area (Å²) in [5.41, 5.74) is 6.54. The molecule has 140 valence electrons. The summed E-state index contributed by atoms with van der Waals surface area (Å²) < 4.78 is 0. The third kappa shape index (κ3) is 3.18. The number of imidazole rings is 1. The monoisotopic (exact) mass is 370 g/mol. The molecule has 0 bridgehead atoms. The third-order valence-electron chi connectivity index (χ3n) is 5.42. The summed E-state index contributed by atoms with van der Waals surface area (Å²) in [5, 5.41) is 8.91. The molecule has 5 nitrogen and oxygen atoms in total. The maximum Gasteiger partial charge on any atom is 0.253 e. The number of rotatable bonds is 3. The smallest absolute Gasteiger partial charge is 0.253 e. The minimum Gasteiger partial charge on any atom is -0.346 e. The number of nitrogens with one attached hydrogen (secondary N) is 1. The predicted molar refractivity (Wildman–Crippen MR) is 108 cm³/mol. The zero-order valence-electron chi connectivity index (χ0n) is 16.3. The van der Waals surface area contributed by atoms with Crippen LogP contribution in [0.5, 0.6) is 0 Å². The average molecular weight is 370 g/mol. The van der Waals surface area contributed by atoms with Crippen LogP contribution in [0, 0.1) is 32.1 Å². The van der Waals surface area contributed by atoms with E-state index in [1.165, 1.54) is 5.56 Å². The van der Waals surface area contributed by atoms with E-state index in [0.717, 1.165) is 28.3 Å². The van der Waals surface area contributed by atoms with E-state index in [-0.39, 0.29) is 5.91 Å². The van der Waals surface area contributed by atoms with Crippen molar-refractivity contribution in [3.8, 4) is 17.3 Å². The molecule has 0 spiro atoms. The molecule has 1 fully saturated rings. The highest BCUT2D eigenvalue weighted by molar-refractivity contribution is 5.96. The van der Waals surface area contributed by atoms with Crippen LogP contribution >= 0.6 is 0 Å². The summed E-state index contributed by atoms with van der Waals surface area (Å²) >= 11 is 0. The number of nitriles is 1. The highest BCUT2D eigenvalue weighted by Crippen LogP contribution is 2.30. The fourth-order valence-electron chi connectivity index (χ4n) is 3.75. The van der Waals surface area contributed by atoms with Crippen LogP contribution in [0.2, 0.25) is 0 Å². The first-order valence-electron chi connectivity index (χ1n) is 9.40. The van der Waals surface area contributed by atoms with Gasteiger partial charge in [-0.25, -0.2) is 4.98 Å². The Bertz CT molecular complexity index is 1080. The molecule has 1 aromatic heterocycles. The molecule has 1 saturated heterocycles. The maximum absolute atomic E-state index is 12.9. The van der Waals surface area contributed by atoms with Crippen molar-refractivity contribution < 1.29 is 4.79 Å². The van der Waals surface area contributed by atoms with Gasteiger partial charge >= 0.3 is 0 Å². The summed E-state index contributed by atoms with van der Waals surface area (Å²) in [6.07, 6.45) is 0. The zero-order valence-corrected chi connectivity index (χ0v) is 16.3. The number of amides is 1. The van der Waals surface area contributed by atoms with Gasteiger partial charge in [0.15, 0.2) is 0 Å². The van der Waals surface area contributed by atoms with Crippen LogP contribution < -0.4 is 0 Å². The van der Waals surface area contributed by atoms with Gasteiger partial charge in [0.05, 0.1) is 17.3 Å². The van der Waals surface area contributed by atoms with Crippen LogP contribution in [0.4, 0.5) is 0 Å². The molecule has 0 unspecified atom stereocenters. The van der Waals surface area contributed by atoms with Crippen LogP contribution in [0.1, 0.15) is 44.5 Å². The molecule has 0 saturated carbocycles. The molecule has 1 N–H and O–H groups in total. The molecular weight excluding hydrogens is 348 g/mol. The SMILES string of the molecule is Cc1nc(-c2cc(C(=O)N3CC(c4ccc(C#N)cc4)C3)ccc2C)c(C)[nH]1. The van der Waals surface area contributed by atoms with Crippen LogP contribution in [0.3, 0.4) is 0 Å². The predicted octanol–water partition coefficient (Wildman–Crippen LogP) is 4.11. The van der Waals surface area contributed by atoms with Crippen LogP contribution in [-0.4, -0.2) is 33.9 Å². The molecule has 1 aliphatic heterocycles. The standard InChI is InChI=1S/C23H22N4O/c1-14-4-7-19(10-21(14)22-15(2)25-16(3)26-22)23(28)27-12-20(13-27)18-8-5-17(11-24)6-9-18/h4-10,20H,12-13H2,1-3H3,(H,25,26). The number of hydrogen-bond donors (Lipinski definition) is 1. The van der Waals surface area contributed by atoms with Crippen LogP contribution in [-0.2, 0) is 0 Å². The Labute approximate surface area is 164 Å². The van der Waals surface area contributed by atoms with Gasteiger partial charge in [-0.3, -0.25) is 4.79 Å². The maximum atomic E-state index is 12.9. The second-order valence-corrected chi connectivity index (χ2v) is 7.47. The van der Waals surface area contributed by atoms with E-state index in [1.54, 1.807) is 0 Å². The second-order valence-electron chi connectivity index (χ2n) is 7.47. The van der Waals surface area contributed by atoms with Gasteiger partial charge in [0.1, 0.15) is 5.82 Å². The molecule has 0 aliphatic carbocycles. The van der Waals surface area contributed by atoms with E-state index in [0.29, 0.717) is 30.1 Å². The lowest BCUT2D eigenvalue weighted by atomic mass is 9.90. The minimum atomic E-state index is 0.0519. The number of aromatic nitrogens is 2. The van der Waals surface area contributed by atoms with Crippen LogP contribution in [0.15, 0.2) is 42.5 Å². The van der Waals surface area contributed by atoms with Gasteiger partial charge in [0, 0.05) is 35.8 Å². The number of benzene rings is 2. The van der Waals surface area contributed by atoms with E-state index >= 15 is 0 Å². The van der Waals surface area contributed by atoms with E-state index in [4.69, 9.17) is 5.26 Å². The summed E-state index contributed by atoms with van der Waals surface area (Å²) in [5.74, 6) is 1.26. The molecule has 2 heterocycles. The molecule has 2 aromatic carbocycles. The summed E-state index contributed by atoms with van der Waals surface area (Å²) in [6.45, 7) is 7.38. The largest absolute Gasteiger partial charge is 0.346 e. The van der Waals surface area contributed by atoms with Crippen molar-refractivity contribution in [2.24, 2.45) is 0 Å². The molecule has 28 heavy (non-hydrogen) atoms. The molecule has 1 aliphatic rings. The molecule has 0 atom stereocenters. The van der Waals surface area contributed by atoms with Crippen molar-refractivity contribution in [2.45, 2.75) is 26.7 Å². The van der Waals surface area contributed by atoms with Crippen LogP contribution in [0.25, 0.3) is 11.3 Å². The second kappa shape index (κ2) is 6.97. The first-order chi connectivity index (χ1) is 13.5. The number of carbonyl (C=O) groups excluding carboxylic acids is 1. The van der Waals surface area contributed by atoms with Gasteiger partial charge in [0.2, 0.25) is 0 Å². The third-order valence-corrected chi connectivity index (χ3v) is 5.42. The van der Waals surface area contributed by atoms with Crippen molar-refractivity contribution >= 4 is 5.91 Å². The Kier molecular flexibility index (Phi) is 4.48. The lowest BCUT2D eigenvalue weighted by Gasteiger charge is -2.39. The number of hydrogen-bond acceptors (Lipinski definition) is 3. The van der Waals surface area contributed by atoms with E-state index < -0.39 is 0 Å². The molecule has 4 rings (SSSR count). The first kappa shape index (κ1) is 18.0. The Hall–Kier alpha value is -3.39. The van der Waals surface area contributed by atoms with Crippen molar-refractivity contribution in [2.75, 3.05) is 13.1 Å². The van der Waals surface area contributed by atoms with Crippen molar-refractivity contribution in [1.82, 2.24) is 14.9 Å². The van der Waals surface area contributed by atoms with Gasteiger partial charge in [-0.05, 0) is 56.2 Å². The van der Waals surface area contributed by atoms with Crippen molar-refractivity contribution in [3.05, 3.63) is 76.2 Å². The minimum absolute atomic E-state index is 0.0519. The Balaban J connectivity index is 1.51. The van der Waals surface area contributed by atoms with Gasteiger partial charge < -0.3 is 9.88 Å². The number of aryl methyl sites for hydroxylation is 3. The molecule has 1 amide bonds. The summed E-state index contributed by atoms with van der Waals surface area (Å²) in [6, 6.07) is 15.6. The molecule has 0 radical (unpaired) electrons. The number of aromatic amines is 1. The Morgan fingerprint density at radius 2 is 1.86 bits per heavy atom. The van der Waals surface area contributed by atoms with E-state index in [9.17, 15) is 4.79 Å². The number of nitrogens with zero attached hydrogens (tertiary/aromatic N) is 3. The van der Waals surface area contributed by atoms with Crippen molar-refractivity contribution in [3.63, 3.8) is 0 Å². The molecular formula is C23H22N4O. The lowest BCUT2D eigenvalue weighted by molar-refractivity contribution is 0.0602. The number of carbonyl (C=O) groups is 1. The van der Waals surface area contributed by atoms with Gasteiger partial charge in [0.25, 0.3) is 5.91 Å². The topological polar surface area (TPSA) is 72.8 Å². The lowest BCUT2D eigenvalue weighted by Crippen LogP contribution is -2.48. The van der Waals surface area contributed by atoms with Gasteiger partial charge in [-0.15, -0.1) is 0 Å². The Morgan fingerprint density at radius 3 is 2.46 bits per heavy atom. The van der Waals surface area contributed by atoms with Gasteiger partial charge in [-0.1, -0.05) is 18.2 Å². The first-order valence-corrected chi connectivity index (χ1v) is 9.40. The fraction of sp³-hybridized carbons (Fsp3) is 0.261. The number of likely N-dealkylation sites (tertiary alicyclic amines) is 1. The Morgan fingerprint density at radius 1 is 1.14 bits per heavy atom. The van der Waals surface area contributed by atoms with E-state index in [2.05, 4.69) is 16.0 Å². The van der Waals surface area contributed by atoms with Gasteiger partial charge in [-0.2, -0.15) is 5.26 Å². The van der Waals surface area contributed by atoms with Crippen molar-refractivity contribution in [1.29, 1.82) is 5.26 Å². The number of H-pyrrole nitrogens is 1. The normalized spacial score (nSPS) is 13.9. The zero-order chi connectivity index (χ0) is 19.8. The summed E-state index contributed by atoms with van der Waals surface area (Å²) in [7, 11) is 0. The average Bonchev–Trinajstić information content (AvgIpc) is 2.99. The summed E-state index contributed by atoms with van der Waals surface area (Å²) in [4.78, 5) is 22.6. The highest BCUT2D eigenvalue weighted by Gasteiger charge is 2.32. The molecule has 5 heteroatoms. The highest BCUT2D eigenvalue weighted by atomic mass is 16.2. The van der Waals surface area contributed by atoms with E-state index in [1.807, 2.05) is 68.1 Å². The fourth-order valence-corrected chi connectivity index (χ4v) is 3.75.